The van der Waals surface area contributed by atoms with Gasteiger partial charge in [-0.15, -0.1) is 11.3 Å². The van der Waals surface area contributed by atoms with Crippen molar-refractivity contribution in [2.24, 2.45) is 5.73 Å². The molecule has 0 unspecified atom stereocenters. The van der Waals surface area contributed by atoms with Crippen molar-refractivity contribution < 1.29 is 4.79 Å². The molecule has 1 aromatic carbocycles. The van der Waals surface area contributed by atoms with Crippen molar-refractivity contribution in [3.05, 3.63) is 62.5 Å². The van der Waals surface area contributed by atoms with E-state index < -0.39 is 5.91 Å². The summed E-state index contributed by atoms with van der Waals surface area (Å²) in [6, 6.07) is 9.98. The molecule has 0 saturated heterocycles. The molecule has 3 rings (SSSR count). The van der Waals surface area contributed by atoms with Gasteiger partial charge in [0.15, 0.2) is 0 Å². The number of likely N-dealkylation sites (N-methyl/N-ethyl adjacent to an activating group) is 1. The predicted molar refractivity (Wildman–Crippen MR) is 114 cm³/mol. The number of benzene rings is 1. The van der Waals surface area contributed by atoms with Crippen LogP contribution in [0.1, 0.15) is 40.5 Å². The molecule has 148 valence electrons. The topological polar surface area (TPSA) is 81.2 Å². The van der Waals surface area contributed by atoms with Crippen LogP contribution in [-0.2, 0) is 13.0 Å². The Morgan fingerprint density at radius 2 is 1.89 bits per heavy atom. The molecule has 2 aromatic heterocycles. The third kappa shape index (κ3) is 4.00. The Morgan fingerprint density at radius 3 is 2.50 bits per heavy atom. The van der Waals surface area contributed by atoms with Crippen LogP contribution in [0.4, 0.5) is 0 Å². The second-order valence-corrected chi connectivity index (χ2v) is 7.77. The highest BCUT2D eigenvalue weighted by Crippen LogP contribution is 2.27. The van der Waals surface area contributed by atoms with Crippen molar-refractivity contribution >= 4 is 27.5 Å². The smallest absolute Gasteiger partial charge is 0.262 e. The van der Waals surface area contributed by atoms with Crippen LogP contribution in [0.15, 0.2) is 35.1 Å². The molecular formula is C21H26N4O2S. The second kappa shape index (κ2) is 8.67. The number of primary amides is 1. The van der Waals surface area contributed by atoms with Crippen LogP contribution in [-0.4, -0.2) is 40.0 Å². The Hall–Kier alpha value is -2.51. The summed E-state index contributed by atoms with van der Waals surface area (Å²) in [5.41, 5.74) is 7.12. The van der Waals surface area contributed by atoms with Gasteiger partial charge in [0.25, 0.3) is 11.5 Å². The number of aromatic nitrogens is 2. The minimum Gasteiger partial charge on any atom is -0.365 e. The van der Waals surface area contributed by atoms with Crippen molar-refractivity contribution in [2.45, 2.75) is 33.7 Å². The fraction of sp³-hybridized carbons (Fsp3) is 0.381. The van der Waals surface area contributed by atoms with Crippen molar-refractivity contribution in [2.75, 3.05) is 19.6 Å². The Kier molecular flexibility index (Phi) is 6.26. The highest BCUT2D eigenvalue weighted by molar-refractivity contribution is 7.20. The number of fused-ring (bicyclic) bond motifs is 1. The highest BCUT2D eigenvalue weighted by atomic mass is 32.1. The number of hydrogen-bond donors (Lipinski definition) is 1. The van der Waals surface area contributed by atoms with Crippen molar-refractivity contribution in [3.8, 4) is 0 Å². The maximum atomic E-state index is 13.3. The predicted octanol–water partition coefficient (Wildman–Crippen LogP) is 2.80. The molecule has 0 aliphatic carbocycles. The normalized spacial score (nSPS) is 11.4. The molecule has 6 nitrogen and oxygen atoms in total. The minimum absolute atomic E-state index is 0.0932. The lowest BCUT2D eigenvalue weighted by atomic mass is 10.1. The summed E-state index contributed by atoms with van der Waals surface area (Å²) in [7, 11) is 0. The molecule has 0 saturated carbocycles. The Balaban J connectivity index is 2.13. The monoisotopic (exact) mass is 398 g/mol. The van der Waals surface area contributed by atoms with E-state index in [1.54, 1.807) is 11.5 Å². The molecule has 0 aliphatic rings. The quantitative estimate of drug-likeness (QED) is 0.633. The fourth-order valence-electron chi connectivity index (χ4n) is 3.42. The van der Waals surface area contributed by atoms with Crippen LogP contribution in [0.3, 0.4) is 0 Å². The van der Waals surface area contributed by atoms with Crippen LogP contribution in [0, 0.1) is 6.92 Å². The average Bonchev–Trinajstić information content (AvgIpc) is 3.02. The number of nitrogens with zero attached hydrogens (tertiary/aromatic N) is 3. The molecule has 3 aromatic rings. The van der Waals surface area contributed by atoms with Gasteiger partial charge in [0, 0.05) is 19.5 Å². The van der Waals surface area contributed by atoms with Gasteiger partial charge in [-0.1, -0.05) is 44.2 Å². The number of hydrogen-bond acceptors (Lipinski definition) is 5. The number of thiophene rings is 1. The summed E-state index contributed by atoms with van der Waals surface area (Å²) in [6.45, 7) is 9.19. The molecule has 2 N–H and O–H groups in total. The zero-order valence-corrected chi connectivity index (χ0v) is 17.4. The number of nitrogens with two attached hydrogens (primary N) is 1. The summed E-state index contributed by atoms with van der Waals surface area (Å²) >= 11 is 1.20. The molecule has 7 heteroatoms. The summed E-state index contributed by atoms with van der Waals surface area (Å²) < 4.78 is 1.76. The van der Waals surface area contributed by atoms with E-state index in [1.165, 1.54) is 11.3 Å². The van der Waals surface area contributed by atoms with Crippen LogP contribution in [0.25, 0.3) is 10.2 Å². The third-order valence-electron chi connectivity index (χ3n) is 5.09. The van der Waals surface area contributed by atoms with Gasteiger partial charge in [-0.25, -0.2) is 4.98 Å². The SMILES string of the molecule is CCN(CC)CCn1c(Cc2ccccc2)nc2sc(C(N)=O)c(C)c2c1=O. The van der Waals surface area contributed by atoms with Gasteiger partial charge in [0.1, 0.15) is 10.7 Å². The Bertz CT molecular complexity index is 1040. The molecule has 0 aliphatic heterocycles. The standard InChI is InChI=1S/C21H26N4O2S/c1-4-24(5-2)11-12-25-16(13-15-9-7-6-8-10-15)23-20-17(21(25)27)14(3)18(28-20)19(22)26/h6-10H,4-5,11-13H2,1-3H3,(H2,22,26). The third-order valence-corrected chi connectivity index (χ3v) is 6.29. The molecule has 2 heterocycles. The molecule has 0 radical (unpaired) electrons. The van der Waals surface area contributed by atoms with Crippen LogP contribution in [0.2, 0.25) is 0 Å². The van der Waals surface area contributed by atoms with Gasteiger partial charge in [0.2, 0.25) is 0 Å². The van der Waals surface area contributed by atoms with E-state index in [4.69, 9.17) is 10.7 Å². The van der Waals surface area contributed by atoms with Gasteiger partial charge < -0.3 is 10.6 Å². The summed E-state index contributed by atoms with van der Waals surface area (Å²) in [5.74, 6) is 0.201. The number of aryl methyl sites for hydroxylation is 1. The van der Waals surface area contributed by atoms with E-state index >= 15 is 0 Å². The molecule has 28 heavy (non-hydrogen) atoms. The van der Waals surface area contributed by atoms with E-state index in [0.717, 1.165) is 25.2 Å². The van der Waals surface area contributed by atoms with Crippen molar-refractivity contribution in [1.29, 1.82) is 0 Å². The number of amides is 1. The van der Waals surface area contributed by atoms with E-state index in [-0.39, 0.29) is 5.56 Å². The van der Waals surface area contributed by atoms with Gasteiger partial charge in [0.05, 0.1) is 10.3 Å². The summed E-state index contributed by atoms with van der Waals surface area (Å²) in [4.78, 5) is 33.1. The van der Waals surface area contributed by atoms with Crippen LogP contribution in [0.5, 0.6) is 0 Å². The first-order valence-electron chi connectivity index (χ1n) is 9.55. The first kappa shape index (κ1) is 20.2. The average molecular weight is 399 g/mol. The van der Waals surface area contributed by atoms with E-state index in [2.05, 4.69) is 18.7 Å². The largest absolute Gasteiger partial charge is 0.365 e. The van der Waals surface area contributed by atoms with E-state index in [0.29, 0.717) is 39.4 Å². The molecule has 0 bridgehead atoms. The lowest BCUT2D eigenvalue weighted by molar-refractivity contribution is 0.100. The molecular weight excluding hydrogens is 372 g/mol. The zero-order chi connectivity index (χ0) is 20.3. The van der Waals surface area contributed by atoms with Gasteiger partial charge in [-0.05, 0) is 31.1 Å². The maximum Gasteiger partial charge on any atom is 0.262 e. The van der Waals surface area contributed by atoms with Gasteiger partial charge in [-0.2, -0.15) is 0 Å². The lowest BCUT2D eigenvalue weighted by Crippen LogP contribution is -2.33. The molecule has 0 atom stereocenters. The van der Waals surface area contributed by atoms with Crippen LogP contribution >= 0.6 is 11.3 Å². The Labute approximate surface area is 168 Å². The van der Waals surface area contributed by atoms with E-state index in [1.807, 2.05) is 30.3 Å². The first-order chi connectivity index (χ1) is 13.5. The molecule has 0 fully saturated rings. The first-order valence-corrected chi connectivity index (χ1v) is 10.4. The number of rotatable bonds is 8. The zero-order valence-electron chi connectivity index (χ0n) is 16.6. The van der Waals surface area contributed by atoms with E-state index in [9.17, 15) is 9.59 Å². The maximum absolute atomic E-state index is 13.3. The number of carbonyl (C=O) groups excluding carboxylic acids is 1. The Morgan fingerprint density at radius 1 is 1.21 bits per heavy atom. The summed E-state index contributed by atoms with van der Waals surface area (Å²) in [5, 5.41) is 0.509. The summed E-state index contributed by atoms with van der Waals surface area (Å²) in [6.07, 6.45) is 0.563. The van der Waals surface area contributed by atoms with Crippen LogP contribution < -0.4 is 11.3 Å². The second-order valence-electron chi connectivity index (χ2n) is 6.77. The van der Waals surface area contributed by atoms with Gasteiger partial charge >= 0.3 is 0 Å². The number of carbonyl (C=O) groups is 1. The lowest BCUT2D eigenvalue weighted by Gasteiger charge is -2.20. The van der Waals surface area contributed by atoms with Crippen molar-refractivity contribution in [1.82, 2.24) is 14.5 Å². The fourth-order valence-corrected chi connectivity index (χ4v) is 4.46. The molecule has 0 spiro atoms. The minimum atomic E-state index is -0.515. The highest BCUT2D eigenvalue weighted by Gasteiger charge is 2.20. The van der Waals surface area contributed by atoms with Gasteiger partial charge in [-0.3, -0.25) is 14.2 Å². The van der Waals surface area contributed by atoms with Crippen molar-refractivity contribution in [3.63, 3.8) is 0 Å². The molecule has 1 amide bonds.